The molecule has 1 unspecified atom stereocenters. The van der Waals surface area contributed by atoms with Crippen molar-refractivity contribution in [2.24, 2.45) is 0 Å². The van der Waals surface area contributed by atoms with Crippen LogP contribution in [-0.2, 0) is 16.8 Å². The largest absolute Gasteiger partial charge is 0.493 e. The number of nitrogens with zero attached hydrogens (tertiary/aromatic N) is 1. The maximum absolute atomic E-state index is 13.4. The Hall–Kier alpha value is -2.81. The molecule has 3 aromatic carbocycles. The minimum Gasteiger partial charge on any atom is -0.493 e. The number of hydrogen-bond donors (Lipinski definition) is 2. The zero-order valence-corrected chi connectivity index (χ0v) is 23.3. The van der Waals surface area contributed by atoms with E-state index in [2.05, 4.69) is 57.1 Å². The number of aliphatic hydroxyl groups excluding tert-OH is 1. The Balaban J connectivity index is 1.57. The first kappa shape index (κ1) is 24.9. The minimum absolute atomic E-state index is 0.0691. The molecule has 0 radical (unpaired) electrons. The van der Waals surface area contributed by atoms with Crippen LogP contribution in [0.4, 0.5) is 11.4 Å². The highest BCUT2D eigenvalue weighted by atomic mass is 79.9. The average Bonchev–Trinajstić information content (AvgIpc) is 3.04. The lowest BCUT2D eigenvalue weighted by molar-refractivity contribution is -0.115. The molecule has 0 bridgehead atoms. The summed E-state index contributed by atoms with van der Waals surface area (Å²) >= 11 is 6.97. The monoisotopic (exact) mass is 612 g/mol. The number of methoxy groups -OCH3 is 1. The van der Waals surface area contributed by atoms with Crippen molar-refractivity contribution in [1.82, 2.24) is 0 Å². The van der Waals surface area contributed by atoms with Crippen molar-refractivity contribution < 1.29 is 19.4 Å². The van der Waals surface area contributed by atoms with Crippen LogP contribution in [0.3, 0.4) is 0 Å². The van der Waals surface area contributed by atoms with Gasteiger partial charge in [0.05, 0.1) is 24.8 Å². The standard InChI is InChI=1S/C28H26Br2N2O4/c1-27(2)20-6-4-5-7-23(20)32(15-25(34)31-22-9-8-19(29)14-21(22)30)28(27)11-10-18-12-17(16-33)13-24(35-3)26(18)36-28/h4-14,33H,15-16H2,1-3H3,(H,31,34). The van der Waals surface area contributed by atoms with Crippen molar-refractivity contribution in [2.75, 3.05) is 23.9 Å². The number of amides is 1. The van der Waals surface area contributed by atoms with Crippen LogP contribution in [-0.4, -0.2) is 30.4 Å². The maximum Gasteiger partial charge on any atom is 0.244 e. The number of para-hydroxylation sites is 1. The van der Waals surface area contributed by atoms with Crippen LogP contribution in [0.5, 0.6) is 11.5 Å². The molecule has 36 heavy (non-hydrogen) atoms. The number of carbonyl (C=O) groups is 1. The highest BCUT2D eigenvalue weighted by Crippen LogP contribution is 2.56. The van der Waals surface area contributed by atoms with E-state index < -0.39 is 11.1 Å². The zero-order chi connectivity index (χ0) is 25.7. The number of anilines is 2. The molecule has 0 aromatic heterocycles. The van der Waals surface area contributed by atoms with Gasteiger partial charge in [0.1, 0.15) is 6.54 Å². The number of aliphatic hydroxyl groups is 1. The molecule has 2 N–H and O–H groups in total. The Morgan fingerprint density at radius 3 is 2.64 bits per heavy atom. The van der Waals surface area contributed by atoms with Crippen molar-refractivity contribution in [3.8, 4) is 11.5 Å². The van der Waals surface area contributed by atoms with Gasteiger partial charge in [-0.1, -0.05) is 34.1 Å². The average molecular weight is 614 g/mol. The molecule has 1 spiro atoms. The van der Waals surface area contributed by atoms with Gasteiger partial charge in [0.25, 0.3) is 0 Å². The fraction of sp³-hybridized carbons (Fsp3) is 0.250. The van der Waals surface area contributed by atoms with Crippen LogP contribution in [0.15, 0.2) is 69.6 Å². The van der Waals surface area contributed by atoms with Gasteiger partial charge < -0.3 is 24.8 Å². The van der Waals surface area contributed by atoms with Crippen molar-refractivity contribution >= 4 is 55.2 Å². The normalized spacial score (nSPS) is 19.0. The predicted molar refractivity (Wildman–Crippen MR) is 149 cm³/mol. The smallest absolute Gasteiger partial charge is 0.244 e. The third kappa shape index (κ3) is 3.92. The molecule has 6 nitrogen and oxygen atoms in total. The second-order valence-electron chi connectivity index (χ2n) is 9.41. The summed E-state index contributed by atoms with van der Waals surface area (Å²) < 4.78 is 14.2. The number of carbonyl (C=O) groups excluding carboxylic acids is 1. The van der Waals surface area contributed by atoms with Gasteiger partial charge in [0.15, 0.2) is 11.5 Å². The summed E-state index contributed by atoms with van der Waals surface area (Å²) in [6, 6.07) is 17.4. The molecule has 2 aliphatic rings. The van der Waals surface area contributed by atoms with Gasteiger partial charge in [-0.3, -0.25) is 4.79 Å². The van der Waals surface area contributed by atoms with Crippen LogP contribution in [0, 0.1) is 0 Å². The summed E-state index contributed by atoms with van der Waals surface area (Å²) in [5.41, 5.74) is 2.78. The molecule has 2 aliphatic heterocycles. The molecule has 0 saturated heterocycles. The Morgan fingerprint density at radius 2 is 1.92 bits per heavy atom. The SMILES string of the molecule is COc1cc(CO)cc2c1OC1(C=C2)N(CC(=O)Nc2ccc(Br)cc2Br)c2ccccc2C1(C)C. The van der Waals surface area contributed by atoms with Crippen LogP contribution in [0.2, 0.25) is 0 Å². The fourth-order valence-corrected chi connectivity index (χ4v) is 6.25. The summed E-state index contributed by atoms with van der Waals surface area (Å²) in [5, 5.41) is 12.7. The Bertz CT molecular complexity index is 1390. The van der Waals surface area contributed by atoms with E-state index in [9.17, 15) is 9.90 Å². The van der Waals surface area contributed by atoms with Gasteiger partial charge in [-0.2, -0.15) is 0 Å². The van der Waals surface area contributed by atoms with Gasteiger partial charge in [-0.05, 0) is 89.5 Å². The van der Waals surface area contributed by atoms with Gasteiger partial charge >= 0.3 is 0 Å². The van der Waals surface area contributed by atoms with Gasteiger partial charge in [0.2, 0.25) is 11.6 Å². The molecule has 0 fully saturated rings. The van der Waals surface area contributed by atoms with E-state index in [1.54, 1.807) is 13.2 Å². The summed E-state index contributed by atoms with van der Waals surface area (Å²) in [6.07, 6.45) is 4.00. The molecular weight excluding hydrogens is 588 g/mol. The lowest BCUT2D eigenvalue weighted by Gasteiger charge is -2.47. The lowest BCUT2D eigenvalue weighted by atomic mass is 9.76. The highest BCUT2D eigenvalue weighted by Gasteiger charge is 2.59. The molecule has 0 saturated carbocycles. The summed E-state index contributed by atoms with van der Waals surface area (Å²) in [5.74, 6) is 0.949. The predicted octanol–water partition coefficient (Wildman–Crippen LogP) is 6.25. The van der Waals surface area contributed by atoms with Crippen LogP contribution < -0.4 is 19.7 Å². The summed E-state index contributed by atoms with van der Waals surface area (Å²) in [7, 11) is 1.58. The van der Waals surface area contributed by atoms with E-state index in [1.807, 2.05) is 59.5 Å². The third-order valence-electron chi connectivity index (χ3n) is 6.96. The third-order valence-corrected chi connectivity index (χ3v) is 8.11. The van der Waals surface area contributed by atoms with Gasteiger partial charge in [0, 0.05) is 20.2 Å². The lowest BCUT2D eigenvalue weighted by Crippen LogP contribution is -2.61. The van der Waals surface area contributed by atoms with Gasteiger partial charge in [-0.15, -0.1) is 0 Å². The van der Waals surface area contributed by atoms with Crippen molar-refractivity contribution in [1.29, 1.82) is 0 Å². The van der Waals surface area contributed by atoms with Crippen LogP contribution in [0.1, 0.15) is 30.5 Å². The van der Waals surface area contributed by atoms with Crippen molar-refractivity contribution in [2.45, 2.75) is 31.6 Å². The molecule has 186 valence electrons. The minimum atomic E-state index is -0.980. The van der Waals surface area contributed by atoms with Crippen molar-refractivity contribution in [3.63, 3.8) is 0 Å². The first-order valence-corrected chi connectivity index (χ1v) is 13.1. The van der Waals surface area contributed by atoms with Gasteiger partial charge in [-0.25, -0.2) is 0 Å². The number of fused-ring (bicyclic) bond motifs is 2. The molecular formula is C28H26Br2N2O4. The van der Waals surface area contributed by atoms with E-state index in [0.29, 0.717) is 17.2 Å². The molecule has 8 heteroatoms. The zero-order valence-electron chi connectivity index (χ0n) is 20.1. The number of rotatable bonds is 5. The number of benzene rings is 3. The summed E-state index contributed by atoms with van der Waals surface area (Å²) in [4.78, 5) is 15.4. The summed E-state index contributed by atoms with van der Waals surface area (Å²) in [6.45, 7) is 4.22. The number of ether oxygens (including phenoxy) is 2. The number of nitrogens with one attached hydrogen (secondary N) is 1. The van der Waals surface area contributed by atoms with E-state index in [1.165, 1.54) is 0 Å². The molecule has 5 rings (SSSR count). The van der Waals surface area contributed by atoms with E-state index >= 15 is 0 Å². The van der Waals surface area contributed by atoms with E-state index in [4.69, 9.17) is 9.47 Å². The number of hydrogen-bond acceptors (Lipinski definition) is 5. The Morgan fingerprint density at radius 1 is 1.14 bits per heavy atom. The Labute approximate surface area is 227 Å². The quantitative estimate of drug-likeness (QED) is 0.356. The highest BCUT2D eigenvalue weighted by molar-refractivity contribution is 9.11. The van der Waals surface area contributed by atoms with Crippen molar-refractivity contribution in [3.05, 3.63) is 86.3 Å². The molecule has 1 amide bonds. The second kappa shape index (κ2) is 9.25. The van der Waals surface area contributed by atoms with Crippen LogP contribution >= 0.6 is 31.9 Å². The first-order chi connectivity index (χ1) is 17.2. The topological polar surface area (TPSA) is 71.0 Å². The van der Waals surface area contributed by atoms with E-state index in [0.717, 1.165) is 31.3 Å². The molecule has 2 heterocycles. The molecule has 3 aromatic rings. The Kier molecular flexibility index (Phi) is 6.39. The second-order valence-corrected chi connectivity index (χ2v) is 11.2. The maximum atomic E-state index is 13.4. The first-order valence-electron chi connectivity index (χ1n) is 11.5. The molecule has 1 atom stereocenters. The molecule has 0 aliphatic carbocycles. The fourth-order valence-electron chi connectivity index (χ4n) is 5.11. The van der Waals surface area contributed by atoms with Crippen LogP contribution in [0.25, 0.3) is 6.08 Å². The number of halogens is 2. The van der Waals surface area contributed by atoms with E-state index in [-0.39, 0.29) is 19.1 Å².